The summed E-state index contributed by atoms with van der Waals surface area (Å²) in [6.07, 6.45) is 14.1. The number of nitrogens with zero attached hydrogens (tertiary/aromatic N) is 3. The molecule has 0 aliphatic carbocycles. The van der Waals surface area contributed by atoms with Crippen LogP contribution in [0.4, 0.5) is 5.69 Å². The van der Waals surface area contributed by atoms with Gasteiger partial charge in [-0.05, 0) is 30.2 Å². The average Bonchev–Trinajstić information content (AvgIpc) is 3.28. The van der Waals surface area contributed by atoms with Crippen LogP contribution >= 0.6 is 12.6 Å². The van der Waals surface area contributed by atoms with Crippen molar-refractivity contribution in [2.24, 2.45) is 0 Å². The van der Waals surface area contributed by atoms with Gasteiger partial charge in [-0.1, -0.05) is 24.3 Å². The molecule has 0 unspecified atom stereocenters. The minimum absolute atomic E-state index is 0.843. The lowest BCUT2D eigenvalue weighted by molar-refractivity contribution is -0.939. The zero-order chi connectivity index (χ0) is 20.8. The Hall–Kier alpha value is -1.78. The second-order valence-corrected chi connectivity index (χ2v) is 9.37. The van der Waals surface area contributed by atoms with E-state index in [4.69, 9.17) is 0 Å². The van der Waals surface area contributed by atoms with Gasteiger partial charge in [0.1, 0.15) is 6.54 Å². The van der Waals surface area contributed by atoms with Crippen LogP contribution in [-0.4, -0.2) is 49.0 Å². The monoisotopic (exact) mass is 423 g/mol. The number of quaternary nitrogens is 1. The van der Waals surface area contributed by atoms with E-state index in [1.54, 1.807) is 0 Å². The highest BCUT2D eigenvalue weighted by molar-refractivity contribution is 7.80. The predicted molar refractivity (Wildman–Crippen MR) is 131 cm³/mol. The highest BCUT2D eigenvalue weighted by atomic mass is 32.1. The standard InChI is InChI=1S/C26H36N3S/c1-2-27-15-11-24(12-16-27)6-5-23-7-9-25(10-8-23)28-17-13-26(14-18-28)29(21-22-30)19-3-4-20-29/h5-12,15-16,26H,2-4,13-14,17-22H2,1H3/q+1/p+1. The summed E-state index contributed by atoms with van der Waals surface area (Å²) in [5.41, 5.74) is 3.87. The van der Waals surface area contributed by atoms with Crippen molar-refractivity contribution < 1.29 is 9.05 Å². The highest BCUT2D eigenvalue weighted by Crippen LogP contribution is 2.31. The van der Waals surface area contributed by atoms with Gasteiger partial charge in [0.05, 0.1) is 25.7 Å². The van der Waals surface area contributed by atoms with Gasteiger partial charge < -0.3 is 9.38 Å². The van der Waals surface area contributed by atoms with Crippen molar-refractivity contribution in [3.05, 3.63) is 59.9 Å². The van der Waals surface area contributed by atoms with E-state index >= 15 is 0 Å². The number of likely N-dealkylation sites (tertiary alicyclic amines) is 1. The van der Waals surface area contributed by atoms with E-state index < -0.39 is 0 Å². The van der Waals surface area contributed by atoms with Crippen molar-refractivity contribution in [3.8, 4) is 0 Å². The second kappa shape index (κ2) is 10.0. The van der Waals surface area contributed by atoms with Crippen molar-refractivity contribution in [1.29, 1.82) is 0 Å². The van der Waals surface area contributed by atoms with Gasteiger partial charge in [0.2, 0.25) is 0 Å². The molecule has 0 amide bonds. The molecule has 0 saturated carbocycles. The second-order valence-electron chi connectivity index (χ2n) is 8.93. The number of hydrogen-bond donors (Lipinski definition) is 1. The molecule has 0 bridgehead atoms. The molecule has 2 aliphatic rings. The summed E-state index contributed by atoms with van der Waals surface area (Å²) >= 11 is 4.57. The van der Waals surface area contributed by atoms with Crippen molar-refractivity contribution >= 4 is 30.5 Å². The molecular weight excluding hydrogens is 386 g/mol. The average molecular weight is 424 g/mol. The van der Waals surface area contributed by atoms with Gasteiger partial charge in [0, 0.05) is 62.3 Å². The molecule has 0 atom stereocenters. The van der Waals surface area contributed by atoms with Crippen LogP contribution in [0.3, 0.4) is 0 Å². The number of pyridine rings is 1. The Morgan fingerprint density at radius 2 is 1.57 bits per heavy atom. The minimum Gasteiger partial charge on any atom is -0.371 e. The first kappa shape index (κ1) is 21.5. The molecule has 1 aromatic heterocycles. The molecule has 4 heteroatoms. The lowest BCUT2D eigenvalue weighted by atomic mass is 9.99. The zero-order valence-electron chi connectivity index (χ0n) is 18.4. The summed E-state index contributed by atoms with van der Waals surface area (Å²) in [5, 5.41) is 0. The van der Waals surface area contributed by atoms with Crippen molar-refractivity contribution in [1.82, 2.24) is 0 Å². The fourth-order valence-electron chi connectivity index (χ4n) is 5.39. The maximum atomic E-state index is 4.57. The molecule has 1 aromatic carbocycles. The first-order chi connectivity index (χ1) is 14.7. The minimum atomic E-state index is 0.843. The normalized spacial score (nSPS) is 19.6. The van der Waals surface area contributed by atoms with Gasteiger partial charge in [-0.2, -0.15) is 12.6 Å². The molecule has 3 nitrogen and oxygen atoms in total. The molecule has 30 heavy (non-hydrogen) atoms. The lowest BCUT2D eigenvalue weighted by Crippen LogP contribution is -2.58. The number of rotatable bonds is 7. The quantitative estimate of drug-likeness (QED) is 0.386. The zero-order valence-corrected chi connectivity index (χ0v) is 19.3. The van der Waals surface area contributed by atoms with Crippen molar-refractivity contribution in [2.75, 3.05) is 43.4 Å². The van der Waals surface area contributed by atoms with Crippen LogP contribution in [0.1, 0.15) is 43.7 Å². The van der Waals surface area contributed by atoms with E-state index in [-0.39, 0.29) is 0 Å². The van der Waals surface area contributed by atoms with Crippen LogP contribution in [0.2, 0.25) is 0 Å². The maximum Gasteiger partial charge on any atom is 0.169 e. The molecule has 160 valence electrons. The van der Waals surface area contributed by atoms with Crippen molar-refractivity contribution in [2.45, 2.75) is 45.2 Å². The van der Waals surface area contributed by atoms with Gasteiger partial charge >= 0.3 is 0 Å². The van der Waals surface area contributed by atoms with Gasteiger partial charge in [0.25, 0.3) is 0 Å². The van der Waals surface area contributed by atoms with Gasteiger partial charge in [0.15, 0.2) is 12.4 Å². The van der Waals surface area contributed by atoms with Gasteiger partial charge in [-0.25, -0.2) is 4.57 Å². The fraction of sp³-hybridized carbons (Fsp3) is 0.500. The Bertz CT molecular complexity index is 814. The Labute approximate surface area is 188 Å². The van der Waals surface area contributed by atoms with Crippen LogP contribution in [-0.2, 0) is 6.54 Å². The Morgan fingerprint density at radius 3 is 2.13 bits per heavy atom. The first-order valence-corrected chi connectivity index (χ1v) is 12.3. The SMILES string of the molecule is CC[n+]1ccc(/C=C/c2ccc(N3CCC([N+]4(CCS)CCCC4)CC3)cc2)cc1. The molecule has 4 rings (SSSR count). The number of benzene rings is 1. The third kappa shape index (κ3) is 4.92. The van der Waals surface area contributed by atoms with E-state index in [1.165, 1.54) is 79.7 Å². The number of aryl methyl sites for hydroxylation is 1. The van der Waals surface area contributed by atoms with E-state index in [9.17, 15) is 0 Å². The van der Waals surface area contributed by atoms with E-state index in [1.807, 2.05) is 0 Å². The highest BCUT2D eigenvalue weighted by Gasteiger charge is 2.40. The largest absolute Gasteiger partial charge is 0.371 e. The van der Waals surface area contributed by atoms with Crippen molar-refractivity contribution in [3.63, 3.8) is 0 Å². The number of hydrogen-bond acceptors (Lipinski definition) is 2. The van der Waals surface area contributed by atoms with E-state index in [2.05, 4.69) is 90.0 Å². The van der Waals surface area contributed by atoms with E-state index in [0.29, 0.717) is 0 Å². The number of anilines is 1. The van der Waals surface area contributed by atoms with E-state index in [0.717, 1.165) is 18.3 Å². The number of piperidine rings is 1. The molecule has 2 aromatic rings. The van der Waals surface area contributed by atoms with Gasteiger partial charge in [-0.3, -0.25) is 0 Å². The molecule has 2 fully saturated rings. The maximum absolute atomic E-state index is 4.57. The topological polar surface area (TPSA) is 7.12 Å². The van der Waals surface area contributed by atoms with Crippen LogP contribution in [0.15, 0.2) is 48.8 Å². The molecule has 2 saturated heterocycles. The van der Waals surface area contributed by atoms with Gasteiger partial charge in [-0.15, -0.1) is 0 Å². The molecule has 3 heterocycles. The summed E-state index contributed by atoms with van der Waals surface area (Å²) in [7, 11) is 0. The lowest BCUT2D eigenvalue weighted by Gasteiger charge is -2.45. The van der Waals surface area contributed by atoms with Crippen LogP contribution in [0.25, 0.3) is 12.2 Å². The van der Waals surface area contributed by atoms with Crippen LogP contribution < -0.4 is 9.47 Å². The Morgan fingerprint density at radius 1 is 0.967 bits per heavy atom. The summed E-state index contributed by atoms with van der Waals surface area (Å²) in [6, 6.07) is 14.3. The first-order valence-electron chi connectivity index (χ1n) is 11.7. The number of thiol groups is 1. The van der Waals surface area contributed by atoms with Crippen LogP contribution in [0.5, 0.6) is 0 Å². The number of aromatic nitrogens is 1. The molecule has 0 N–H and O–H groups in total. The Kier molecular flexibility index (Phi) is 7.16. The summed E-state index contributed by atoms with van der Waals surface area (Å²) < 4.78 is 3.53. The predicted octanol–water partition coefficient (Wildman–Crippen LogP) is 4.67. The molecule has 2 aliphatic heterocycles. The molecular formula is C26H37N3S+2. The summed E-state index contributed by atoms with van der Waals surface area (Å²) in [5.74, 6) is 1.02. The third-order valence-corrected chi connectivity index (χ3v) is 7.45. The summed E-state index contributed by atoms with van der Waals surface area (Å²) in [4.78, 5) is 2.58. The van der Waals surface area contributed by atoms with Crippen LogP contribution in [0, 0.1) is 0 Å². The summed E-state index contributed by atoms with van der Waals surface area (Å²) in [6.45, 7) is 9.57. The smallest absolute Gasteiger partial charge is 0.169 e. The fourth-order valence-corrected chi connectivity index (χ4v) is 5.79. The molecule has 0 spiro atoms. The Balaban J connectivity index is 1.34. The molecule has 0 radical (unpaired) electrons. The third-order valence-electron chi connectivity index (χ3n) is 7.25.